The van der Waals surface area contributed by atoms with E-state index in [4.69, 9.17) is 4.74 Å². The van der Waals surface area contributed by atoms with Gasteiger partial charge >= 0.3 is 6.03 Å². The van der Waals surface area contributed by atoms with Crippen molar-refractivity contribution in [2.45, 2.75) is 26.3 Å². The van der Waals surface area contributed by atoms with E-state index in [9.17, 15) is 9.59 Å². The topological polar surface area (TPSA) is 79.5 Å². The first kappa shape index (κ1) is 13.8. The average Bonchev–Trinajstić information content (AvgIpc) is 2.76. The van der Waals surface area contributed by atoms with Crippen LogP contribution in [0, 0.1) is 5.92 Å². The molecule has 0 aromatic rings. The summed E-state index contributed by atoms with van der Waals surface area (Å²) in [4.78, 5) is 22.7. The van der Waals surface area contributed by atoms with Gasteiger partial charge in [-0.3, -0.25) is 4.79 Å². The fourth-order valence-corrected chi connectivity index (χ4v) is 1.43. The Bertz CT molecular complexity index is 263. The van der Waals surface area contributed by atoms with Gasteiger partial charge in [-0.15, -0.1) is 0 Å². The fourth-order valence-electron chi connectivity index (χ4n) is 1.43. The zero-order valence-corrected chi connectivity index (χ0v) is 10.4. The van der Waals surface area contributed by atoms with Gasteiger partial charge in [-0.05, 0) is 12.3 Å². The van der Waals surface area contributed by atoms with E-state index in [0.717, 1.165) is 6.42 Å². The molecule has 0 spiro atoms. The molecule has 1 rings (SSSR count). The minimum absolute atomic E-state index is 0.00608. The number of hydrogen-bond acceptors (Lipinski definition) is 3. The van der Waals surface area contributed by atoms with Crippen LogP contribution >= 0.6 is 0 Å². The van der Waals surface area contributed by atoms with Crippen molar-refractivity contribution in [2.24, 2.45) is 5.92 Å². The summed E-state index contributed by atoms with van der Waals surface area (Å²) in [6, 6.07) is -0.256. The second-order valence-electron chi connectivity index (χ2n) is 4.59. The Labute approximate surface area is 101 Å². The lowest BCUT2D eigenvalue weighted by Crippen LogP contribution is -2.46. The lowest BCUT2D eigenvalue weighted by atomic mass is 10.2. The van der Waals surface area contributed by atoms with E-state index < -0.39 is 0 Å². The van der Waals surface area contributed by atoms with Crippen LogP contribution in [0.3, 0.4) is 0 Å². The van der Waals surface area contributed by atoms with Crippen molar-refractivity contribution in [3.63, 3.8) is 0 Å². The molecule has 6 heteroatoms. The minimum atomic E-state index is -0.319. The quantitative estimate of drug-likeness (QED) is 0.628. The Morgan fingerprint density at radius 3 is 2.71 bits per heavy atom. The molecule has 0 saturated carbocycles. The molecule has 0 aromatic carbocycles. The van der Waals surface area contributed by atoms with Crippen molar-refractivity contribution in [1.29, 1.82) is 0 Å². The van der Waals surface area contributed by atoms with Gasteiger partial charge < -0.3 is 20.7 Å². The molecule has 0 radical (unpaired) electrons. The van der Waals surface area contributed by atoms with E-state index in [1.54, 1.807) is 0 Å². The number of carbonyl (C=O) groups is 2. The smallest absolute Gasteiger partial charge is 0.315 e. The standard InChI is InChI=1S/C11H21N3O3/c1-8(2)5-12-10(15)6-13-11(16)14-9-3-4-17-7-9/h8-9H,3-7H2,1-2H3,(H,12,15)(H2,13,14,16). The number of ether oxygens (including phenoxy) is 1. The van der Waals surface area contributed by atoms with Gasteiger partial charge in [-0.1, -0.05) is 13.8 Å². The maximum Gasteiger partial charge on any atom is 0.315 e. The Balaban J connectivity index is 2.08. The lowest BCUT2D eigenvalue weighted by Gasteiger charge is -2.12. The highest BCUT2D eigenvalue weighted by atomic mass is 16.5. The number of hydrogen-bond donors (Lipinski definition) is 3. The first-order valence-electron chi connectivity index (χ1n) is 5.96. The van der Waals surface area contributed by atoms with Gasteiger partial charge in [0.25, 0.3) is 0 Å². The molecular formula is C11H21N3O3. The lowest BCUT2D eigenvalue weighted by molar-refractivity contribution is -0.120. The molecule has 1 aliphatic heterocycles. The number of nitrogens with one attached hydrogen (secondary N) is 3. The number of amides is 3. The summed E-state index contributed by atoms with van der Waals surface area (Å²) in [6.45, 7) is 5.89. The van der Waals surface area contributed by atoms with Crippen LogP contribution < -0.4 is 16.0 Å². The predicted molar refractivity (Wildman–Crippen MR) is 63.6 cm³/mol. The van der Waals surface area contributed by atoms with E-state index in [1.165, 1.54) is 0 Å². The molecule has 98 valence electrons. The molecular weight excluding hydrogens is 222 g/mol. The fraction of sp³-hybridized carbons (Fsp3) is 0.818. The van der Waals surface area contributed by atoms with E-state index in [1.807, 2.05) is 13.8 Å². The summed E-state index contributed by atoms with van der Waals surface area (Å²) in [5.41, 5.74) is 0. The molecule has 0 aromatic heterocycles. The van der Waals surface area contributed by atoms with Crippen LogP contribution in [0.2, 0.25) is 0 Å². The third-order valence-electron chi connectivity index (χ3n) is 2.38. The van der Waals surface area contributed by atoms with Crippen LogP contribution in [0.1, 0.15) is 20.3 Å². The molecule has 3 N–H and O–H groups in total. The summed E-state index contributed by atoms with van der Waals surface area (Å²) in [5.74, 6) is 0.236. The highest BCUT2D eigenvalue weighted by molar-refractivity contribution is 5.83. The first-order valence-corrected chi connectivity index (χ1v) is 5.96. The summed E-state index contributed by atoms with van der Waals surface area (Å²) in [6.07, 6.45) is 0.826. The highest BCUT2D eigenvalue weighted by Crippen LogP contribution is 2.02. The number of carbonyl (C=O) groups excluding carboxylic acids is 2. The molecule has 17 heavy (non-hydrogen) atoms. The second kappa shape index (κ2) is 7.11. The normalized spacial score (nSPS) is 19.1. The van der Waals surface area contributed by atoms with Crippen LogP contribution in [0.15, 0.2) is 0 Å². The average molecular weight is 243 g/mol. The van der Waals surface area contributed by atoms with Crippen molar-refractivity contribution in [1.82, 2.24) is 16.0 Å². The number of urea groups is 1. The summed E-state index contributed by atoms with van der Waals surface area (Å²) >= 11 is 0. The third-order valence-corrected chi connectivity index (χ3v) is 2.38. The van der Waals surface area contributed by atoms with E-state index in [2.05, 4.69) is 16.0 Å². The molecule has 1 aliphatic rings. The van der Waals surface area contributed by atoms with Gasteiger partial charge in [-0.2, -0.15) is 0 Å². The van der Waals surface area contributed by atoms with Gasteiger partial charge in [0.05, 0.1) is 19.2 Å². The van der Waals surface area contributed by atoms with Crippen molar-refractivity contribution in [3.8, 4) is 0 Å². The van der Waals surface area contributed by atoms with Gasteiger partial charge in [0.1, 0.15) is 0 Å². The Kier molecular flexibility index (Phi) is 5.76. The van der Waals surface area contributed by atoms with E-state index in [0.29, 0.717) is 25.7 Å². The van der Waals surface area contributed by atoms with Crippen molar-refractivity contribution in [3.05, 3.63) is 0 Å². The zero-order valence-electron chi connectivity index (χ0n) is 10.4. The van der Waals surface area contributed by atoms with Crippen molar-refractivity contribution >= 4 is 11.9 Å². The summed E-state index contributed by atoms with van der Waals surface area (Å²) in [5, 5.41) is 7.98. The third kappa shape index (κ3) is 6.11. The highest BCUT2D eigenvalue weighted by Gasteiger charge is 2.17. The molecule has 1 heterocycles. The SMILES string of the molecule is CC(C)CNC(=O)CNC(=O)NC1CCOC1. The molecule has 1 saturated heterocycles. The van der Waals surface area contributed by atoms with Crippen LogP contribution in [-0.4, -0.2) is 44.3 Å². The Morgan fingerprint density at radius 2 is 2.12 bits per heavy atom. The monoisotopic (exact) mass is 243 g/mol. The first-order chi connectivity index (χ1) is 8.08. The molecule has 1 fully saturated rings. The maximum atomic E-state index is 11.4. The van der Waals surface area contributed by atoms with E-state index in [-0.39, 0.29) is 24.5 Å². The van der Waals surface area contributed by atoms with Crippen LogP contribution in [0.5, 0.6) is 0 Å². The number of rotatable bonds is 5. The summed E-state index contributed by atoms with van der Waals surface area (Å²) < 4.78 is 5.13. The van der Waals surface area contributed by atoms with Gasteiger partial charge in [-0.25, -0.2) is 4.79 Å². The van der Waals surface area contributed by atoms with Crippen molar-refractivity contribution in [2.75, 3.05) is 26.3 Å². The Hall–Kier alpha value is -1.30. The second-order valence-corrected chi connectivity index (χ2v) is 4.59. The summed E-state index contributed by atoms with van der Waals surface area (Å²) in [7, 11) is 0. The predicted octanol–water partition coefficient (Wildman–Crippen LogP) is -0.153. The Morgan fingerprint density at radius 1 is 1.35 bits per heavy atom. The van der Waals surface area contributed by atoms with Crippen LogP contribution in [0.4, 0.5) is 4.79 Å². The molecule has 0 aliphatic carbocycles. The zero-order chi connectivity index (χ0) is 12.7. The molecule has 0 bridgehead atoms. The largest absolute Gasteiger partial charge is 0.379 e. The van der Waals surface area contributed by atoms with Crippen LogP contribution in [-0.2, 0) is 9.53 Å². The van der Waals surface area contributed by atoms with Crippen LogP contribution in [0.25, 0.3) is 0 Å². The molecule has 1 unspecified atom stereocenters. The van der Waals surface area contributed by atoms with Gasteiger partial charge in [0.2, 0.25) is 5.91 Å². The minimum Gasteiger partial charge on any atom is -0.379 e. The maximum absolute atomic E-state index is 11.4. The van der Waals surface area contributed by atoms with Gasteiger partial charge in [0, 0.05) is 13.2 Å². The molecule has 1 atom stereocenters. The molecule has 3 amide bonds. The van der Waals surface area contributed by atoms with Gasteiger partial charge in [0.15, 0.2) is 0 Å². The molecule has 6 nitrogen and oxygen atoms in total. The van der Waals surface area contributed by atoms with Crippen molar-refractivity contribution < 1.29 is 14.3 Å². The van der Waals surface area contributed by atoms with E-state index >= 15 is 0 Å².